The van der Waals surface area contributed by atoms with Crippen LogP contribution in [-0.2, 0) is 10.0 Å². The van der Waals surface area contributed by atoms with E-state index in [0.717, 1.165) is 16.9 Å². The minimum absolute atomic E-state index is 0.0320. The van der Waals surface area contributed by atoms with Crippen LogP contribution in [0, 0.1) is 13.8 Å². The summed E-state index contributed by atoms with van der Waals surface area (Å²) in [5, 5.41) is 0. The summed E-state index contributed by atoms with van der Waals surface area (Å²) < 4.78 is 27.7. The van der Waals surface area contributed by atoms with E-state index in [4.69, 9.17) is 28.9 Å². The number of nitrogens with one attached hydrogen (secondary N) is 1. The van der Waals surface area contributed by atoms with E-state index in [9.17, 15) is 8.42 Å². The number of sulfonamides is 1. The van der Waals surface area contributed by atoms with E-state index in [0.29, 0.717) is 21.3 Å². The first-order valence-corrected chi connectivity index (χ1v) is 8.61. The molecule has 0 radical (unpaired) electrons. The lowest BCUT2D eigenvalue weighted by Gasteiger charge is -2.14. The van der Waals surface area contributed by atoms with Crippen LogP contribution in [0.2, 0.25) is 8.67 Å². The molecule has 0 aliphatic carbocycles. The molecule has 0 aliphatic heterocycles. The van der Waals surface area contributed by atoms with Crippen molar-refractivity contribution in [2.45, 2.75) is 18.7 Å². The van der Waals surface area contributed by atoms with E-state index in [1.165, 1.54) is 6.07 Å². The lowest BCUT2D eigenvalue weighted by Crippen LogP contribution is -2.15. The second-order valence-corrected chi connectivity index (χ2v) is 8.20. The zero-order valence-electron chi connectivity index (χ0n) is 10.7. The van der Waals surface area contributed by atoms with Crippen LogP contribution in [0.1, 0.15) is 11.1 Å². The van der Waals surface area contributed by atoms with Crippen LogP contribution in [0.25, 0.3) is 0 Å². The molecule has 0 amide bonds. The quantitative estimate of drug-likeness (QED) is 0.820. The zero-order chi connectivity index (χ0) is 15.1. The second-order valence-electron chi connectivity index (χ2n) is 4.27. The lowest BCUT2D eigenvalue weighted by molar-refractivity contribution is 0.601. The third kappa shape index (κ3) is 2.88. The third-order valence-electron chi connectivity index (χ3n) is 2.87. The van der Waals surface area contributed by atoms with Gasteiger partial charge in [0.05, 0.1) is 10.0 Å². The normalized spacial score (nSPS) is 11.6. The molecule has 0 bridgehead atoms. The van der Waals surface area contributed by atoms with E-state index in [2.05, 4.69) is 4.72 Å². The zero-order valence-corrected chi connectivity index (χ0v) is 13.8. The number of nitrogens with two attached hydrogens (primary N) is 1. The molecule has 0 atom stereocenters. The van der Waals surface area contributed by atoms with Crippen LogP contribution in [0.3, 0.4) is 0 Å². The van der Waals surface area contributed by atoms with Crippen molar-refractivity contribution < 1.29 is 8.42 Å². The van der Waals surface area contributed by atoms with E-state index >= 15 is 0 Å². The Hall–Kier alpha value is -0.950. The fourth-order valence-corrected chi connectivity index (χ4v) is 5.06. The van der Waals surface area contributed by atoms with Crippen molar-refractivity contribution in [3.8, 4) is 0 Å². The van der Waals surface area contributed by atoms with Gasteiger partial charge in [-0.3, -0.25) is 4.72 Å². The van der Waals surface area contributed by atoms with Gasteiger partial charge in [0.1, 0.15) is 9.23 Å². The SMILES string of the molecule is Cc1ccc(N)c(C)c1NS(=O)(=O)c1cc(Cl)sc1Cl. The summed E-state index contributed by atoms with van der Waals surface area (Å²) in [4.78, 5) is -0.0320. The van der Waals surface area contributed by atoms with E-state index < -0.39 is 10.0 Å². The number of halogens is 2. The number of nitrogen functional groups attached to an aromatic ring is 1. The van der Waals surface area contributed by atoms with Gasteiger partial charge in [-0.05, 0) is 37.1 Å². The van der Waals surface area contributed by atoms with Gasteiger partial charge >= 0.3 is 0 Å². The first kappa shape index (κ1) is 15.4. The average Bonchev–Trinajstić information content (AvgIpc) is 2.70. The van der Waals surface area contributed by atoms with Gasteiger partial charge in [-0.2, -0.15) is 0 Å². The fraction of sp³-hybridized carbons (Fsp3) is 0.167. The first-order chi connectivity index (χ1) is 9.22. The molecule has 1 aromatic heterocycles. The van der Waals surface area contributed by atoms with Gasteiger partial charge in [0, 0.05) is 5.69 Å². The Morgan fingerprint density at radius 1 is 1.25 bits per heavy atom. The standard InChI is InChI=1S/C12H12Cl2N2O2S2/c1-6-3-4-8(15)7(2)11(6)16-20(17,18)9-5-10(13)19-12(9)14/h3-5,16H,15H2,1-2H3. The number of benzene rings is 1. The molecule has 108 valence electrons. The smallest absolute Gasteiger partial charge is 0.264 e. The first-order valence-electron chi connectivity index (χ1n) is 5.55. The minimum Gasteiger partial charge on any atom is -0.398 e. The number of thiophene rings is 1. The van der Waals surface area contributed by atoms with E-state index in [-0.39, 0.29) is 9.23 Å². The Morgan fingerprint density at radius 3 is 2.45 bits per heavy atom. The highest BCUT2D eigenvalue weighted by molar-refractivity contribution is 7.93. The molecule has 1 aromatic carbocycles. The van der Waals surface area contributed by atoms with Crippen LogP contribution in [0.4, 0.5) is 11.4 Å². The maximum Gasteiger partial charge on any atom is 0.264 e. The summed E-state index contributed by atoms with van der Waals surface area (Å²) in [5.74, 6) is 0. The van der Waals surface area contributed by atoms with Crippen LogP contribution >= 0.6 is 34.5 Å². The summed E-state index contributed by atoms with van der Waals surface area (Å²) in [7, 11) is -3.80. The van der Waals surface area contributed by atoms with Crippen molar-refractivity contribution in [3.63, 3.8) is 0 Å². The van der Waals surface area contributed by atoms with Gasteiger partial charge in [-0.15, -0.1) is 11.3 Å². The summed E-state index contributed by atoms with van der Waals surface area (Å²) in [6.45, 7) is 3.55. The number of rotatable bonds is 3. The van der Waals surface area contributed by atoms with Gasteiger partial charge in [0.2, 0.25) is 0 Å². The van der Waals surface area contributed by atoms with Crippen LogP contribution in [0.15, 0.2) is 23.1 Å². The summed E-state index contributed by atoms with van der Waals surface area (Å²) >= 11 is 12.7. The number of hydrogen-bond acceptors (Lipinski definition) is 4. The molecule has 4 nitrogen and oxygen atoms in total. The minimum atomic E-state index is -3.80. The molecule has 0 unspecified atom stereocenters. The molecule has 2 aromatic rings. The lowest BCUT2D eigenvalue weighted by atomic mass is 10.1. The summed E-state index contributed by atoms with van der Waals surface area (Å²) in [6.07, 6.45) is 0. The molecule has 20 heavy (non-hydrogen) atoms. The molecule has 1 heterocycles. The Bertz CT molecular complexity index is 770. The monoisotopic (exact) mass is 350 g/mol. The molecule has 0 aliphatic rings. The predicted octanol–water partition coefficient (Wildman–Crippen LogP) is 4.05. The highest BCUT2D eigenvalue weighted by atomic mass is 35.5. The summed E-state index contributed by atoms with van der Waals surface area (Å²) in [5.41, 5.74) is 8.23. The van der Waals surface area contributed by atoms with Crippen LogP contribution < -0.4 is 10.5 Å². The molecule has 8 heteroatoms. The topological polar surface area (TPSA) is 72.2 Å². The van der Waals surface area contributed by atoms with Crippen molar-refractivity contribution >= 4 is 55.9 Å². The highest BCUT2D eigenvalue weighted by Gasteiger charge is 2.22. The van der Waals surface area contributed by atoms with Crippen molar-refractivity contribution in [2.24, 2.45) is 0 Å². The Labute approximate surface area is 131 Å². The van der Waals surface area contributed by atoms with E-state index in [1.54, 1.807) is 26.0 Å². The fourth-order valence-electron chi connectivity index (χ4n) is 1.72. The van der Waals surface area contributed by atoms with Crippen molar-refractivity contribution in [2.75, 3.05) is 10.5 Å². The Morgan fingerprint density at radius 2 is 1.90 bits per heavy atom. The molecule has 0 fully saturated rings. The largest absolute Gasteiger partial charge is 0.398 e. The van der Waals surface area contributed by atoms with E-state index in [1.807, 2.05) is 0 Å². The number of anilines is 2. The molecule has 3 N–H and O–H groups in total. The molecular formula is C12H12Cl2N2O2S2. The Balaban J connectivity index is 2.49. The van der Waals surface area contributed by atoms with Gasteiger partial charge < -0.3 is 5.73 Å². The third-order valence-corrected chi connectivity index (χ3v) is 5.97. The van der Waals surface area contributed by atoms with Crippen LogP contribution in [0.5, 0.6) is 0 Å². The summed E-state index contributed by atoms with van der Waals surface area (Å²) in [6, 6.07) is 4.81. The predicted molar refractivity (Wildman–Crippen MR) is 85.5 cm³/mol. The average molecular weight is 351 g/mol. The van der Waals surface area contributed by atoms with Crippen LogP contribution in [-0.4, -0.2) is 8.42 Å². The maximum absolute atomic E-state index is 12.4. The molecular weight excluding hydrogens is 339 g/mol. The highest BCUT2D eigenvalue weighted by Crippen LogP contribution is 2.36. The molecule has 2 rings (SSSR count). The second kappa shape index (κ2) is 5.44. The van der Waals surface area contributed by atoms with Gasteiger partial charge in [-0.25, -0.2) is 8.42 Å². The maximum atomic E-state index is 12.4. The number of aryl methyl sites for hydroxylation is 1. The Kier molecular flexibility index (Phi) is 4.20. The van der Waals surface area contributed by atoms with Crippen molar-refractivity contribution in [1.29, 1.82) is 0 Å². The molecule has 0 saturated heterocycles. The number of hydrogen-bond donors (Lipinski definition) is 2. The van der Waals surface area contributed by atoms with Crippen molar-refractivity contribution in [3.05, 3.63) is 38.0 Å². The van der Waals surface area contributed by atoms with Gasteiger partial charge in [0.15, 0.2) is 0 Å². The van der Waals surface area contributed by atoms with Gasteiger partial charge in [0.25, 0.3) is 10.0 Å². The molecule has 0 saturated carbocycles. The molecule has 0 spiro atoms. The van der Waals surface area contributed by atoms with Crippen molar-refractivity contribution in [1.82, 2.24) is 0 Å². The van der Waals surface area contributed by atoms with Gasteiger partial charge in [-0.1, -0.05) is 29.3 Å².